The van der Waals surface area contributed by atoms with Crippen LogP contribution in [0.15, 0.2) is 43.0 Å². The van der Waals surface area contributed by atoms with Gasteiger partial charge in [-0.1, -0.05) is 36.4 Å². The van der Waals surface area contributed by atoms with Gasteiger partial charge >= 0.3 is 6.09 Å². The summed E-state index contributed by atoms with van der Waals surface area (Å²) in [6.07, 6.45) is 4.23. The van der Waals surface area contributed by atoms with Gasteiger partial charge in [0.25, 0.3) is 0 Å². The maximum atomic E-state index is 11.7. The molecule has 0 aliphatic carbocycles. The zero-order valence-corrected chi connectivity index (χ0v) is 12.7. The topological polar surface area (TPSA) is 38.3 Å². The molecule has 1 amide bonds. The van der Waals surface area contributed by atoms with Crippen LogP contribution in [0, 0.1) is 0 Å². The molecule has 0 aliphatic heterocycles. The summed E-state index contributed by atoms with van der Waals surface area (Å²) in [5, 5.41) is 2.83. The molecule has 0 unspecified atom stereocenters. The highest BCUT2D eigenvalue weighted by Gasteiger charge is 2.17. The second-order valence-electron chi connectivity index (χ2n) is 5.87. The van der Waals surface area contributed by atoms with E-state index in [0.717, 1.165) is 19.3 Å². The van der Waals surface area contributed by atoms with E-state index in [-0.39, 0.29) is 12.1 Å². The van der Waals surface area contributed by atoms with E-state index in [2.05, 4.69) is 24.0 Å². The number of aryl methyl sites for hydroxylation is 1. The SMILES string of the molecule is C=C[C@@H](CCCc1ccccc1)NC(=O)OC(C)(C)C. The Labute approximate surface area is 122 Å². The van der Waals surface area contributed by atoms with Crippen molar-refractivity contribution in [1.29, 1.82) is 0 Å². The van der Waals surface area contributed by atoms with E-state index in [1.807, 2.05) is 39.0 Å². The fraction of sp³-hybridized carbons (Fsp3) is 0.471. The third-order valence-corrected chi connectivity index (χ3v) is 2.81. The number of carbonyl (C=O) groups excluding carboxylic acids is 1. The van der Waals surface area contributed by atoms with Gasteiger partial charge in [0, 0.05) is 0 Å². The van der Waals surface area contributed by atoms with Crippen molar-refractivity contribution in [3.05, 3.63) is 48.6 Å². The monoisotopic (exact) mass is 275 g/mol. The largest absolute Gasteiger partial charge is 0.444 e. The normalized spacial score (nSPS) is 12.6. The highest BCUT2D eigenvalue weighted by molar-refractivity contribution is 5.68. The zero-order chi connectivity index (χ0) is 15.0. The molecular weight excluding hydrogens is 250 g/mol. The predicted molar refractivity (Wildman–Crippen MR) is 82.7 cm³/mol. The van der Waals surface area contributed by atoms with Crippen molar-refractivity contribution in [1.82, 2.24) is 5.32 Å². The summed E-state index contributed by atoms with van der Waals surface area (Å²) in [6, 6.07) is 10.3. The average Bonchev–Trinajstić information content (AvgIpc) is 2.36. The van der Waals surface area contributed by atoms with Crippen molar-refractivity contribution in [3.8, 4) is 0 Å². The average molecular weight is 275 g/mol. The van der Waals surface area contributed by atoms with Gasteiger partial charge < -0.3 is 10.1 Å². The van der Waals surface area contributed by atoms with E-state index in [4.69, 9.17) is 4.74 Å². The lowest BCUT2D eigenvalue weighted by atomic mass is 10.0. The van der Waals surface area contributed by atoms with Crippen LogP contribution in [0.5, 0.6) is 0 Å². The predicted octanol–water partition coefficient (Wildman–Crippen LogP) is 4.09. The first-order chi connectivity index (χ1) is 9.40. The number of rotatable bonds is 6. The number of benzene rings is 1. The van der Waals surface area contributed by atoms with Crippen LogP contribution in [-0.4, -0.2) is 17.7 Å². The van der Waals surface area contributed by atoms with E-state index in [1.54, 1.807) is 6.08 Å². The number of nitrogens with one attached hydrogen (secondary N) is 1. The lowest BCUT2D eigenvalue weighted by Gasteiger charge is -2.22. The number of ether oxygens (including phenoxy) is 1. The van der Waals surface area contributed by atoms with Crippen LogP contribution >= 0.6 is 0 Å². The summed E-state index contributed by atoms with van der Waals surface area (Å²) < 4.78 is 5.24. The van der Waals surface area contributed by atoms with Gasteiger partial charge in [-0.2, -0.15) is 0 Å². The summed E-state index contributed by atoms with van der Waals surface area (Å²) >= 11 is 0. The van der Waals surface area contributed by atoms with Gasteiger partial charge in [-0.05, 0) is 45.6 Å². The fourth-order valence-electron chi connectivity index (χ4n) is 1.88. The van der Waals surface area contributed by atoms with Crippen LogP contribution in [0.4, 0.5) is 4.79 Å². The fourth-order valence-corrected chi connectivity index (χ4v) is 1.88. The summed E-state index contributed by atoms with van der Waals surface area (Å²) in [6.45, 7) is 9.32. The van der Waals surface area contributed by atoms with E-state index in [0.29, 0.717) is 0 Å². The molecule has 0 saturated heterocycles. The van der Waals surface area contributed by atoms with Crippen molar-refractivity contribution >= 4 is 6.09 Å². The van der Waals surface area contributed by atoms with E-state index >= 15 is 0 Å². The Morgan fingerprint density at radius 2 is 2.00 bits per heavy atom. The molecule has 0 heterocycles. The molecule has 20 heavy (non-hydrogen) atoms. The highest BCUT2D eigenvalue weighted by Crippen LogP contribution is 2.10. The van der Waals surface area contributed by atoms with Crippen LogP contribution in [0.3, 0.4) is 0 Å². The summed E-state index contributed by atoms with van der Waals surface area (Å²) in [4.78, 5) is 11.7. The van der Waals surface area contributed by atoms with Gasteiger partial charge in [0.1, 0.15) is 5.60 Å². The van der Waals surface area contributed by atoms with Gasteiger partial charge in [-0.25, -0.2) is 4.79 Å². The van der Waals surface area contributed by atoms with Gasteiger partial charge in [0.2, 0.25) is 0 Å². The third kappa shape index (κ3) is 6.98. The van der Waals surface area contributed by atoms with Crippen molar-refractivity contribution in [2.24, 2.45) is 0 Å². The second kappa shape index (κ2) is 7.73. The number of alkyl carbamates (subject to hydrolysis) is 1. The lowest BCUT2D eigenvalue weighted by molar-refractivity contribution is 0.0512. The molecule has 3 heteroatoms. The van der Waals surface area contributed by atoms with E-state index < -0.39 is 5.60 Å². The summed E-state index contributed by atoms with van der Waals surface area (Å²) in [5.41, 5.74) is 0.840. The quantitative estimate of drug-likeness (QED) is 0.794. The van der Waals surface area contributed by atoms with E-state index in [1.165, 1.54) is 5.56 Å². The Hall–Kier alpha value is -1.77. The third-order valence-electron chi connectivity index (χ3n) is 2.81. The molecule has 0 aromatic heterocycles. The van der Waals surface area contributed by atoms with Crippen molar-refractivity contribution in [2.75, 3.05) is 0 Å². The van der Waals surface area contributed by atoms with Crippen molar-refractivity contribution in [3.63, 3.8) is 0 Å². The Morgan fingerprint density at radius 1 is 1.35 bits per heavy atom. The number of hydrogen-bond donors (Lipinski definition) is 1. The first kappa shape index (κ1) is 16.3. The maximum Gasteiger partial charge on any atom is 0.408 e. The molecule has 110 valence electrons. The molecule has 0 fully saturated rings. The Morgan fingerprint density at radius 3 is 2.55 bits per heavy atom. The van der Waals surface area contributed by atoms with E-state index in [9.17, 15) is 4.79 Å². The van der Waals surface area contributed by atoms with Crippen LogP contribution < -0.4 is 5.32 Å². The van der Waals surface area contributed by atoms with Crippen molar-refractivity contribution < 1.29 is 9.53 Å². The Kier molecular flexibility index (Phi) is 6.29. The minimum atomic E-state index is -0.472. The van der Waals surface area contributed by atoms with Gasteiger partial charge in [0.15, 0.2) is 0 Å². The summed E-state index contributed by atoms with van der Waals surface area (Å²) in [5.74, 6) is 0. The molecule has 1 N–H and O–H groups in total. The zero-order valence-electron chi connectivity index (χ0n) is 12.7. The van der Waals surface area contributed by atoms with Crippen LogP contribution in [-0.2, 0) is 11.2 Å². The molecule has 1 aromatic carbocycles. The minimum absolute atomic E-state index is 0.0476. The molecule has 0 saturated carbocycles. The molecule has 1 aromatic rings. The smallest absolute Gasteiger partial charge is 0.408 e. The molecule has 0 bridgehead atoms. The Balaban J connectivity index is 2.33. The van der Waals surface area contributed by atoms with Crippen LogP contribution in [0.1, 0.15) is 39.2 Å². The first-order valence-electron chi connectivity index (χ1n) is 7.07. The molecule has 1 atom stereocenters. The van der Waals surface area contributed by atoms with Crippen LogP contribution in [0.25, 0.3) is 0 Å². The highest BCUT2D eigenvalue weighted by atomic mass is 16.6. The summed E-state index contributed by atoms with van der Waals surface area (Å²) in [7, 11) is 0. The molecule has 0 spiro atoms. The minimum Gasteiger partial charge on any atom is -0.444 e. The molecule has 3 nitrogen and oxygen atoms in total. The molecule has 0 radical (unpaired) electrons. The Bertz CT molecular complexity index is 420. The maximum absolute atomic E-state index is 11.7. The number of carbonyl (C=O) groups is 1. The number of hydrogen-bond acceptors (Lipinski definition) is 2. The molecular formula is C17H25NO2. The first-order valence-corrected chi connectivity index (χ1v) is 7.07. The standard InChI is InChI=1S/C17H25NO2/c1-5-15(18-16(19)20-17(2,3)4)13-9-12-14-10-7-6-8-11-14/h5-8,10-11,15H,1,9,12-13H2,2-4H3,(H,18,19)/t15-/m0/s1. The van der Waals surface area contributed by atoms with Gasteiger partial charge in [-0.3, -0.25) is 0 Å². The molecule has 1 rings (SSSR count). The number of amides is 1. The van der Waals surface area contributed by atoms with Crippen LogP contribution in [0.2, 0.25) is 0 Å². The van der Waals surface area contributed by atoms with Crippen molar-refractivity contribution in [2.45, 2.75) is 51.7 Å². The van der Waals surface area contributed by atoms with Gasteiger partial charge in [-0.15, -0.1) is 6.58 Å². The lowest BCUT2D eigenvalue weighted by Crippen LogP contribution is -2.38. The van der Waals surface area contributed by atoms with Gasteiger partial charge in [0.05, 0.1) is 6.04 Å². The molecule has 0 aliphatic rings. The second-order valence-corrected chi connectivity index (χ2v) is 5.87.